The van der Waals surface area contributed by atoms with Crippen molar-refractivity contribution in [2.45, 2.75) is 0 Å². The number of tetrazole rings is 1. The summed E-state index contributed by atoms with van der Waals surface area (Å²) in [5, 5.41) is 16.5. The molecule has 0 saturated carbocycles. The van der Waals surface area contributed by atoms with E-state index in [-0.39, 0.29) is 11.1 Å². The number of carbonyl (C=O) groups excluding carboxylic acids is 1. The number of anilines is 1. The third-order valence-corrected chi connectivity index (χ3v) is 3.26. The maximum Gasteiger partial charge on any atom is 0.269 e. The standard InChI is InChI=1S/C16H14N6O2S/c1-22-20-15(19-21-22)18-16(25)17-14(23)10-8-12-7-9-13(24-12)11-5-3-2-4-6-11/h2-10H,1H3,(H2,17,18,20,23,25)/b10-8+. The van der Waals surface area contributed by atoms with Crippen molar-refractivity contribution >= 4 is 35.3 Å². The zero-order valence-electron chi connectivity index (χ0n) is 13.2. The summed E-state index contributed by atoms with van der Waals surface area (Å²) in [5.41, 5.74) is 0.966. The van der Waals surface area contributed by atoms with E-state index in [1.807, 2.05) is 36.4 Å². The number of furan rings is 1. The van der Waals surface area contributed by atoms with E-state index in [0.717, 1.165) is 11.3 Å². The molecule has 3 aromatic rings. The summed E-state index contributed by atoms with van der Waals surface area (Å²) in [7, 11) is 1.62. The smallest absolute Gasteiger partial charge is 0.269 e. The highest BCUT2D eigenvalue weighted by atomic mass is 32.1. The Kier molecular flexibility index (Phi) is 4.95. The van der Waals surface area contributed by atoms with Gasteiger partial charge in [0.05, 0.1) is 7.05 Å². The Hall–Kier alpha value is -3.33. The van der Waals surface area contributed by atoms with E-state index < -0.39 is 5.91 Å². The lowest BCUT2D eigenvalue weighted by Gasteiger charge is -2.02. The highest BCUT2D eigenvalue weighted by Gasteiger charge is 2.06. The van der Waals surface area contributed by atoms with Crippen LogP contribution in [0.5, 0.6) is 0 Å². The quantitative estimate of drug-likeness (QED) is 0.546. The lowest BCUT2D eigenvalue weighted by atomic mass is 10.2. The molecule has 0 fully saturated rings. The van der Waals surface area contributed by atoms with E-state index in [4.69, 9.17) is 16.6 Å². The van der Waals surface area contributed by atoms with Gasteiger partial charge in [-0.15, -0.1) is 5.10 Å². The molecule has 2 aromatic heterocycles. The predicted molar refractivity (Wildman–Crippen MR) is 96.3 cm³/mol. The van der Waals surface area contributed by atoms with Crippen molar-refractivity contribution in [1.29, 1.82) is 0 Å². The van der Waals surface area contributed by atoms with Crippen LogP contribution >= 0.6 is 12.2 Å². The topological polar surface area (TPSA) is 97.9 Å². The Morgan fingerprint density at radius 1 is 1.24 bits per heavy atom. The van der Waals surface area contributed by atoms with Crippen molar-refractivity contribution in [3.8, 4) is 11.3 Å². The molecule has 0 aliphatic heterocycles. The first-order valence-corrected chi connectivity index (χ1v) is 7.70. The normalized spacial score (nSPS) is 10.8. The first kappa shape index (κ1) is 16.5. The molecule has 0 aliphatic carbocycles. The molecule has 0 saturated heterocycles. The van der Waals surface area contributed by atoms with Crippen LogP contribution in [-0.2, 0) is 11.8 Å². The van der Waals surface area contributed by atoms with Crippen LogP contribution in [0.25, 0.3) is 17.4 Å². The molecule has 9 heteroatoms. The Morgan fingerprint density at radius 2 is 2.04 bits per heavy atom. The third kappa shape index (κ3) is 4.58. The van der Waals surface area contributed by atoms with Gasteiger partial charge in [-0.05, 0) is 35.6 Å². The van der Waals surface area contributed by atoms with Gasteiger partial charge in [0.15, 0.2) is 5.11 Å². The van der Waals surface area contributed by atoms with E-state index >= 15 is 0 Å². The minimum atomic E-state index is -0.404. The monoisotopic (exact) mass is 354 g/mol. The van der Waals surface area contributed by atoms with E-state index in [1.54, 1.807) is 19.2 Å². The fraction of sp³-hybridized carbons (Fsp3) is 0.0625. The van der Waals surface area contributed by atoms with Crippen LogP contribution < -0.4 is 10.6 Å². The number of rotatable bonds is 4. The summed E-state index contributed by atoms with van der Waals surface area (Å²) in [6.07, 6.45) is 2.89. The predicted octanol–water partition coefficient (Wildman–Crippen LogP) is 2.00. The first-order chi connectivity index (χ1) is 12.1. The fourth-order valence-electron chi connectivity index (χ4n) is 1.98. The minimum Gasteiger partial charge on any atom is -0.457 e. The molecule has 0 radical (unpaired) electrons. The second-order valence-electron chi connectivity index (χ2n) is 4.95. The average molecular weight is 354 g/mol. The number of thiocarbonyl (C=S) groups is 1. The molecule has 0 bridgehead atoms. The van der Waals surface area contributed by atoms with Gasteiger partial charge >= 0.3 is 0 Å². The molecule has 25 heavy (non-hydrogen) atoms. The first-order valence-electron chi connectivity index (χ1n) is 7.29. The highest BCUT2D eigenvalue weighted by Crippen LogP contribution is 2.22. The average Bonchev–Trinajstić information content (AvgIpc) is 3.23. The molecule has 0 aliphatic rings. The van der Waals surface area contributed by atoms with Crippen LogP contribution in [0.3, 0.4) is 0 Å². The van der Waals surface area contributed by atoms with Gasteiger partial charge in [0, 0.05) is 11.6 Å². The third-order valence-electron chi connectivity index (χ3n) is 3.05. The van der Waals surface area contributed by atoms with E-state index in [1.165, 1.54) is 10.9 Å². The van der Waals surface area contributed by atoms with Gasteiger partial charge in [-0.2, -0.15) is 4.80 Å². The molecule has 0 spiro atoms. The highest BCUT2D eigenvalue weighted by molar-refractivity contribution is 7.80. The van der Waals surface area contributed by atoms with Crippen molar-refractivity contribution in [2.24, 2.45) is 7.05 Å². The molecule has 2 heterocycles. The Bertz CT molecular complexity index is 916. The number of benzene rings is 1. The molecule has 1 aromatic carbocycles. The van der Waals surface area contributed by atoms with Crippen molar-refractivity contribution < 1.29 is 9.21 Å². The van der Waals surface area contributed by atoms with Gasteiger partial charge in [0.1, 0.15) is 11.5 Å². The van der Waals surface area contributed by atoms with Crippen LogP contribution in [-0.4, -0.2) is 31.2 Å². The number of carbonyl (C=O) groups is 1. The van der Waals surface area contributed by atoms with Gasteiger partial charge in [-0.3, -0.25) is 15.4 Å². The Labute approximate surface area is 148 Å². The summed E-state index contributed by atoms with van der Waals surface area (Å²) in [6, 6.07) is 13.3. The summed E-state index contributed by atoms with van der Waals surface area (Å²) >= 11 is 5.00. The lowest BCUT2D eigenvalue weighted by Crippen LogP contribution is -2.33. The molecular weight excluding hydrogens is 340 g/mol. The molecule has 126 valence electrons. The van der Waals surface area contributed by atoms with Gasteiger partial charge in [0.2, 0.25) is 5.91 Å². The van der Waals surface area contributed by atoms with Gasteiger partial charge in [0.25, 0.3) is 5.95 Å². The molecule has 0 atom stereocenters. The lowest BCUT2D eigenvalue weighted by molar-refractivity contribution is -0.115. The number of hydrogen-bond acceptors (Lipinski definition) is 6. The zero-order chi connectivity index (χ0) is 17.6. The molecule has 8 nitrogen and oxygen atoms in total. The number of aromatic nitrogens is 4. The number of aryl methyl sites for hydroxylation is 1. The Morgan fingerprint density at radius 3 is 2.76 bits per heavy atom. The number of hydrogen-bond donors (Lipinski definition) is 2. The van der Waals surface area contributed by atoms with Crippen LogP contribution in [0.1, 0.15) is 5.76 Å². The van der Waals surface area contributed by atoms with Crippen LogP contribution in [0, 0.1) is 0 Å². The maximum atomic E-state index is 11.9. The van der Waals surface area contributed by atoms with Crippen molar-refractivity contribution in [2.75, 3.05) is 5.32 Å². The molecule has 1 amide bonds. The van der Waals surface area contributed by atoms with Gasteiger partial charge in [-0.25, -0.2) is 0 Å². The summed E-state index contributed by atoms with van der Waals surface area (Å²) in [5.74, 6) is 1.09. The van der Waals surface area contributed by atoms with Crippen LogP contribution in [0.2, 0.25) is 0 Å². The summed E-state index contributed by atoms with van der Waals surface area (Å²) < 4.78 is 5.68. The van der Waals surface area contributed by atoms with Crippen LogP contribution in [0.15, 0.2) is 53.0 Å². The van der Waals surface area contributed by atoms with E-state index in [9.17, 15) is 4.79 Å². The number of amides is 1. The Balaban J connectivity index is 1.56. The van der Waals surface area contributed by atoms with Crippen molar-refractivity contribution in [3.05, 3.63) is 54.3 Å². The SMILES string of the molecule is Cn1nnc(NC(=S)NC(=O)/C=C/c2ccc(-c3ccccc3)o2)n1. The molecule has 2 N–H and O–H groups in total. The second-order valence-corrected chi connectivity index (χ2v) is 5.36. The molecule has 0 unspecified atom stereocenters. The molecule has 3 rings (SSSR count). The largest absolute Gasteiger partial charge is 0.457 e. The maximum absolute atomic E-state index is 11.9. The van der Waals surface area contributed by atoms with E-state index in [2.05, 4.69) is 26.0 Å². The summed E-state index contributed by atoms with van der Waals surface area (Å²) in [4.78, 5) is 13.1. The van der Waals surface area contributed by atoms with E-state index in [0.29, 0.717) is 5.76 Å². The molecular formula is C16H14N6O2S. The van der Waals surface area contributed by atoms with Crippen molar-refractivity contribution in [3.63, 3.8) is 0 Å². The van der Waals surface area contributed by atoms with Crippen molar-refractivity contribution in [1.82, 2.24) is 25.5 Å². The fourth-order valence-corrected chi connectivity index (χ4v) is 2.17. The summed E-state index contributed by atoms with van der Waals surface area (Å²) in [6.45, 7) is 0. The van der Waals surface area contributed by atoms with Crippen LogP contribution in [0.4, 0.5) is 5.95 Å². The number of nitrogens with one attached hydrogen (secondary N) is 2. The minimum absolute atomic E-state index is 0.0760. The second kappa shape index (κ2) is 7.49. The van der Waals surface area contributed by atoms with Gasteiger partial charge < -0.3 is 4.42 Å². The zero-order valence-corrected chi connectivity index (χ0v) is 14.0. The van der Waals surface area contributed by atoms with Gasteiger partial charge in [-0.1, -0.05) is 35.4 Å². The number of nitrogens with zero attached hydrogens (tertiary/aromatic N) is 4.